The number of hydrogen-bond donors (Lipinski definition) is 1. The summed E-state index contributed by atoms with van der Waals surface area (Å²) in [5.41, 5.74) is 0. The number of halogens is 1. The molecule has 2 heterocycles. The Balaban J connectivity index is 2.33. The molecule has 0 spiro atoms. The molecular weight excluding hydrogens is 266 g/mol. The SMILES string of the molecule is Cc1ncc(C(O)c2occc2Br)s1. The van der Waals surface area contributed by atoms with Crippen LogP contribution in [-0.2, 0) is 0 Å². The number of aliphatic hydroxyl groups excluding tert-OH is 1. The number of aliphatic hydroxyl groups is 1. The number of aryl methyl sites for hydroxylation is 1. The summed E-state index contributed by atoms with van der Waals surface area (Å²) >= 11 is 4.76. The Morgan fingerprint density at radius 1 is 1.64 bits per heavy atom. The van der Waals surface area contributed by atoms with Crippen LogP contribution in [0.15, 0.2) is 27.4 Å². The zero-order valence-electron chi connectivity index (χ0n) is 7.40. The van der Waals surface area contributed by atoms with Crippen molar-refractivity contribution >= 4 is 27.3 Å². The standard InChI is InChI=1S/C9H8BrNO2S/c1-5-11-4-7(14-5)8(12)9-6(10)2-3-13-9/h2-4,8,12H,1H3. The average Bonchev–Trinajstić information content (AvgIpc) is 2.73. The lowest BCUT2D eigenvalue weighted by Gasteiger charge is -2.04. The third kappa shape index (κ3) is 1.75. The fourth-order valence-corrected chi connectivity index (χ4v) is 2.32. The number of thiazole rings is 1. The molecule has 3 nitrogen and oxygen atoms in total. The molecule has 14 heavy (non-hydrogen) atoms. The summed E-state index contributed by atoms with van der Waals surface area (Å²) in [6.45, 7) is 1.90. The highest BCUT2D eigenvalue weighted by molar-refractivity contribution is 9.10. The number of hydrogen-bond acceptors (Lipinski definition) is 4. The van der Waals surface area contributed by atoms with Gasteiger partial charge in [0.15, 0.2) is 5.76 Å². The van der Waals surface area contributed by atoms with Crippen LogP contribution < -0.4 is 0 Å². The Kier molecular flexibility index (Phi) is 2.71. The molecule has 1 atom stereocenters. The van der Waals surface area contributed by atoms with E-state index in [4.69, 9.17) is 4.42 Å². The molecule has 0 aliphatic rings. The number of aromatic nitrogens is 1. The van der Waals surface area contributed by atoms with Crippen molar-refractivity contribution in [2.45, 2.75) is 13.0 Å². The minimum atomic E-state index is -0.731. The van der Waals surface area contributed by atoms with Gasteiger partial charge in [0.05, 0.1) is 20.6 Å². The van der Waals surface area contributed by atoms with Crippen LogP contribution in [0.3, 0.4) is 0 Å². The molecule has 0 saturated heterocycles. The van der Waals surface area contributed by atoms with E-state index >= 15 is 0 Å². The topological polar surface area (TPSA) is 46.3 Å². The second kappa shape index (κ2) is 3.84. The molecule has 2 rings (SSSR count). The predicted octanol–water partition coefficient (Wildman–Crippen LogP) is 2.89. The van der Waals surface area contributed by atoms with Crippen molar-refractivity contribution < 1.29 is 9.52 Å². The van der Waals surface area contributed by atoms with Gasteiger partial charge in [-0.1, -0.05) is 0 Å². The normalized spacial score (nSPS) is 13.1. The first-order chi connectivity index (χ1) is 6.68. The maximum absolute atomic E-state index is 9.92. The van der Waals surface area contributed by atoms with Gasteiger partial charge in [0.1, 0.15) is 6.10 Å². The first-order valence-electron chi connectivity index (χ1n) is 4.02. The van der Waals surface area contributed by atoms with Crippen molar-refractivity contribution in [3.8, 4) is 0 Å². The summed E-state index contributed by atoms with van der Waals surface area (Å²) in [6, 6.07) is 1.76. The predicted molar refractivity (Wildman–Crippen MR) is 57.3 cm³/mol. The van der Waals surface area contributed by atoms with E-state index < -0.39 is 6.10 Å². The van der Waals surface area contributed by atoms with Crippen LogP contribution >= 0.6 is 27.3 Å². The molecule has 74 valence electrons. The monoisotopic (exact) mass is 273 g/mol. The van der Waals surface area contributed by atoms with Gasteiger partial charge in [0.25, 0.3) is 0 Å². The first kappa shape index (κ1) is 9.89. The van der Waals surface area contributed by atoms with Gasteiger partial charge in [0.2, 0.25) is 0 Å². The molecule has 2 aromatic rings. The highest BCUT2D eigenvalue weighted by atomic mass is 79.9. The Bertz CT molecular complexity index is 437. The summed E-state index contributed by atoms with van der Waals surface area (Å²) in [4.78, 5) is 4.87. The average molecular weight is 274 g/mol. The summed E-state index contributed by atoms with van der Waals surface area (Å²) in [6.07, 6.45) is 2.47. The first-order valence-corrected chi connectivity index (χ1v) is 5.62. The highest BCUT2D eigenvalue weighted by Crippen LogP contribution is 2.31. The third-order valence-corrected chi connectivity index (χ3v) is 3.42. The van der Waals surface area contributed by atoms with Gasteiger partial charge in [-0.2, -0.15) is 0 Å². The molecule has 0 saturated carbocycles. The molecule has 0 fully saturated rings. The fraction of sp³-hybridized carbons (Fsp3) is 0.222. The Morgan fingerprint density at radius 3 is 2.93 bits per heavy atom. The summed E-state index contributed by atoms with van der Waals surface area (Å²) < 4.78 is 5.95. The Hall–Kier alpha value is -0.650. The second-order valence-electron chi connectivity index (χ2n) is 2.82. The van der Waals surface area contributed by atoms with Crippen molar-refractivity contribution in [2.75, 3.05) is 0 Å². The highest BCUT2D eigenvalue weighted by Gasteiger charge is 2.18. The van der Waals surface area contributed by atoms with Gasteiger partial charge in [-0.05, 0) is 28.9 Å². The molecule has 0 aliphatic carbocycles. The largest absolute Gasteiger partial charge is 0.465 e. The van der Waals surface area contributed by atoms with Gasteiger partial charge in [-0.25, -0.2) is 4.98 Å². The van der Waals surface area contributed by atoms with Crippen LogP contribution in [0, 0.1) is 6.92 Å². The minimum Gasteiger partial charge on any atom is -0.465 e. The molecule has 0 radical (unpaired) electrons. The second-order valence-corrected chi connectivity index (χ2v) is 4.94. The van der Waals surface area contributed by atoms with Crippen molar-refractivity contribution in [3.63, 3.8) is 0 Å². The van der Waals surface area contributed by atoms with E-state index in [-0.39, 0.29) is 0 Å². The summed E-state index contributed by atoms with van der Waals surface area (Å²) in [5, 5.41) is 10.9. The molecule has 0 aliphatic heterocycles. The van der Waals surface area contributed by atoms with Crippen molar-refractivity contribution in [1.82, 2.24) is 4.98 Å². The van der Waals surface area contributed by atoms with Crippen LogP contribution in [-0.4, -0.2) is 10.1 Å². The van der Waals surface area contributed by atoms with E-state index in [1.54, 1.807) is 12.3 Å². The fourth-order valence-electron chi connectivity index (χ4n) is 1.13. The van der Waals surface area contributed by atoms with Crippen LogP contribution in [0.5, 0.6) is 0 Å². The van der Waals surface area contributed by atoms with E-state index in [1.165, 1.54) is 17.6 Å². The van der Waals surface area contributed by atoms with Crippen LogP contribution in [0.4, 0.5) is 0 Å². The molecular formula is C9H8BrNO2S. The number of nitrogens with zero attached hydrogens (tertiary/aromatic N) is 1. The van der Waals surface area contributed by atoms with Crippen LogP contribution in [0.25, 0.3) is 0 Å². The summed E-state index contributed by atoms with van der Waals surface area (Å²) in [7, 11) is 0. The third-order valence-electron chi connectivity index (χ3n) is 1.80. The molecule has 0 aromatic carbocycles. The minimum absolute atomic E-state index is 0.522. The summed E-state index contributed by atoms with van der Waals surface area (Å²) in [5.74, 6) is 0.522. The van der Waals surface area contributed by atoms with Gasteiger partial charge >= 0.3 is 0 Å². The molecule has 1 N–H and O–H groups in total. The maximum Gasteiger partial charge on any atom is 0.151 e. The quantitative estimate of drug-likeness (QED) is 0.915. The van der Waals surface area contributed by atoms with Crippen molar-refractivity contribution in [1.29, 1.82) is 0 Å². The van der Waals surface area contributed by atoms with Crippen molar-refractivity contribution in [3.05, 3.63) is 38.6 Å². The number of rotatable bonds is 2. The van der Waals surface area contributed by atoms with Gasteiger partial charge in [-0.3, -0.25) is 0 Å². The molecule has 0 amide bonds. The smallest absolute Gasteiger partial charge is 0.151 e. The van der Waals surface area contributed by atoms with Gasteiger partial charge in [-0.15, -0.1) is 11.3 Å². The van der Waals surface area contributed by atoms with Crippen LogP contribution in [0.1, 0.15) is 21.7 Å². The lowest BCUT2D eigenvalue weighted by Crippen LogP contribution is -1.95. The maximum atomic E-state index is 9.92. The molecule has 2 aromatic heterocycles. The Labute approximate surface area is 93.5 Å². The Morgan fingerprint density at radius 2 is 2.43 bits per heavy atom. The van der Waals surface area contributed by atoms with Crippen LogP contribution in [0.2, 0.25) is 0 Å². The van der Waals surface area contributed by atoms with E-state index in [1.807, 2.05) is 6.92 Å². The molecule has 5 heteroatoms. The van der Waals surface area contributed by atoms with Gasteiger partial charge < -0.3 is 9.52 Å². The zero-order chi connectivity index (χ0) is 10.1. The van der Waals surface area contributed by atoms with E-state index in [0.29, 0.717) is 5.76 Å². The van der Waals surface area contributed by atoms with Crippen molar-refractivity contribution in [2.24, 2.45) is 0 Å². The lowest BCUT2D eigenvalue weighted by molar-refractivity contribution is 0.191. The number of furan rings is 1. The zero-order valence-corrected chi connectivity index (χ0v) is 9.80. The van der Waals surface area contributed by atoms with E-state index in [9.17, 15) is 5.11 Å². The molecule has 0 bridgehead atoms. The van der Waals surface area contributed by atoms with E-state index in [0.717, 1.165) is 14.4 Å². The van der Waals surface area contributed by atoms with E-state index in [2.05, 4.69) is 20.9 Å². The molecule has 1 unspecified atom stereocenters. The van der Waals surface area contributed by atoms with Gasteiger partial charge in [0, 0.05) is 6.20 Å². The lowest BCUT2D eigenvalue weighted by atomic mass is 10.2.